The lowest BCUT2D eigenvalue weighted by molar-refractivity contribution is 1.08. The van der Waals surface area contributed by atoms with Crippen molar-refractivity contribution in [2.45, 2.75) is 0 Å². The molecule has 178 valence electrons. The predicted octanol–water partition coefficient (Wildman–Crippen LogP) is 7.13. The molecule has 0 bridgehead atoms. The van der Waals surface area contributed by atoms with Crippen molar-refractivity contribution >= 4 is 44.1 Å². The Hall–Kier alpha value is -5.36. The maximum Gasteiger partial charge on any atom is 0.145 e. The molecule has 0 aliphatic rings. The molecule has 0 amide bonds. The Morgan fingerprint density at radius 1 is 0.447 bits per heavy atom. The molecule has 0 spiro atoms. The molecule has 0 N–H and O–H groups in total. The number of aromatic nitrogens is 6. The van der Waals surface area contributed by atoms with Gasteiger partial charge in [0.05, 0.1) is 22.1 Å². The van der Waals surface area contributed by atoms with Crippen LogP contribution in [0.25, 0.3) is 66.8 Å². The highest BCUT2D eigenvalue weighted by Crippen LogP contribution is 2.37. The van der Waals surface area contributed by atoms with Crippen LogP contribution in [0.2, 0.25) is 0 Å². The van der Waals surface area contributed by atoms with Crippen LogP contribution in [0.3, 0.4) is 0 Å². The molecule has 0 atom stereocenters. The van der Waals surface area contributed by atoms with E-state index in [1.807, 2.05) is 48.9 Å². The molecule has 6 aromatic heterocycles. The average Bonchev–Trinajstić information content (AvgIpc) is 3.49. The molecular formula is C32H20N6. The number of fused-ring (bicyclic) bond motifs is 6. The highest BCUT2D eigenvalue weighted by Gasteiger charge is 2.22. The van der Waals surface area contributed by atoms with E-state index >= 15 is 0 Å². The second-order valence-electron chi connectivity index (χ2n) is 9.21. The summed E-state index contributed by atoms with van der Waals surface area (Å²) in [6.45, 7) is 0. The van der Waals surface area contributed by atoms with Crippen LogP contribution in [0.15, 0.2) is 122 Å². The van der Waals surface area contributed by atoms with E-state index in [1.165, 1.54) is 0 Å². The standard InChI is InChI=1S/C32H20N6/c1-3-10-21(11-4-1)23-14-7-19-35-32(23)38-25-16-9-18-34-29(25)31-27(38)20-26-30(36-31)28-24(15-8-17-33-28)37(26)22-12-5-2-6-13-22/h1-20H. The first-order valence-corrected chi connectivity index (χ1v) is 12.5. The third kappa shape index (κ3) is 2.94. The smallest absolute Gasteiger partial charge is 0.145 e. The fraction of sp³-hybridized carbons (Fsp3) is 0. The van der Waals surface area contributed by atoms with E-state index in [0.717, 1.165) is 66.8 Å². The van der Waals surface area contributed by atoms with Crippen molar-refractivity contribution in [1.82, 2.24) is 29.1 Å². The lowest BCUT2D eigenvalue weighted by Gasteiger charge is -2.12. The zero-order valence-corrected chi connectivity index (χ0v) is 20.2. The maximum absolute atomic E-state index is 5.23. The van der Waals surface area contributed by atoms with Gasteiger partial charge in [0, 0.05) is 29.8 Å². The Morgan fingerprint density at radius 3 is 1.74 bits per heavy atom. The maximum atomic E-state index is 5.23. The van der Waals surface area contributed by atoms with Crippen LogP contribution in [-0.4, -0.2) is 29.1 Å². The van der Waals surface area contributed by atoms with Gasteiger partial charge in [-0.15, -0.1) is 0 Å². The first-order valence-electron chi connectivity index (χ1n) is 12.5. The van der Waals surface area contributed by atoms with E-state index in [2.05, 4.69) is 81.9 Å². The Kier molecular flexibility index (Phi) is 4.42. The van der Waals surface area contributed by atoms with Gasteiger partial charge in [-0.05, 0) is 60.2 Å². The third-order valence-electron chi connectivity index (χ3n) is 7.07. The molecule has 0 saturated carbocycles. The minimum absolute atomic E-state index is 0.829. The van der Waals surface area contributed by atoms with Crippen LogP contribution < -0.4 is 0 Å². The van der Waals surface area contributed by atoms with Crippen LogP contribution in [0.5, 0.6) is 0 Å². The van der Waals surface area contributed by atoms with Crippen molar-refractivity contribution < 1.29 is 0 Å². The summed E-state index contributed by atoms with van der Waals surface area (Å²) in [5.74, 6) is 0.841. The summed E-state index contributed by atoms with van der Waals surface area (Å²) in [7, 11) is 0. The van der Waals surface area contributed by atoms with Gasteiger partial charge in [-0.3, -0.25) is 14.5 Å². The molecule has 6 nitrogen and oxygen atoms in total. The number of benzene rings is 2. The summed E-state index contributed by atoms with van der Waals surface area (Å²) >= 11 is 0. The van der Waals surface area contributed by atoms with Gasteiger partial charge in [0.2, 0.25) is 0 Å². The lowest BCUT2D eigenvalue weighted by atomic mass is 10.1. The first-order chi connectivity index (χ1) is 18.9. The number of hydrogen-bond donors (Lipinski definition) is 0. The number of pyridine rings is 4. The largest absolute Gasteiger partial charge is 0.306 e. The summed E-state index contributed by atoms with van der Waals surface area (Å²) in [5, 5.41) is 0. The SMILES string of the molecule is c1ccc(-c2cccnc2-n2c3cccnc3c3nc4c5ncccc5n(-c5ccccc5)c4cc32)cc1. The summed E-state index contributed by atoms with van der Waals surface area (Å²) in [5.41, 5.74) is 10.5. The van der Waals surface area contributed by atoms with Crippen molar-refractivity contribution in [1.29, 1.82) is 0 Å². The van der Waals surface area contributed by atoms with Crippen LogP contribution in [0.1, 0.15) is 0 Å². The van der Waals surface area contributed by atoms with Crippen molar-refractivity contribution in [3.63, 3.8) is 0 Å². The van der Waals surface area contributed by atoms with Crippen molar-refractivity contribution in [3.8, 4) is 22.6 Å². The fourth-order valence-corrected chi connectivity index (χ4v) is 5.46. The topological polar surface area (TPSA) is 61.4 Å². The highest BCUT2D eigenvalue weighted by molar-refractivity contribution is 6.13. The molecule has 8 rings (SSSR count). The highest BCUT2D eigenvalue weighted by atomic mass is 15.1. The second-order valence-corrected chi connectivity index (χ2v) is 9.21. The zero-order chi connectivity index (χ0) is 25.1. The second kappa shape index (κ2) is 8.08. The molecule has 0 radical (unpaired) electrons. The van der Waals surface area contributed by atoms with E-state index in [1.54, 1.807) is 0 Å². The third-order valence-corrected chi connectivity index (χ3v) is 7.07. The number of rotatable bonds is 3. The van der Waals surface area contributed by atoms with E-state index in [4.69, 9.17) is 19.9 Å². The number of nitrogens with zero attached hydrogens (tertiary/aromatic N) is 6. The van der Waals surface area contributed by atoms with Gasteiger partial charge in [0.15, 0.2) is 0 Å². The van der Waals surface area contributed by atoms with Gasteiger partial charge in [0.25, 0.3) is 0 Å². The predicted molar refractivity (Wildman–Crippen MR) is 152 cm³/mol. The molecule has 0 aliphatic carbocycles. The van der Waals surface area contributed by atoms with Gasteiger partial charge in [0.1, 0.15) is 27.9 Å². The lowest BCUT2D eigenvalue weighted by Crippen LogP contribution is -2.01. The molecule has 2 aromatic carbocycles. The molecule has 0 unspecified atom stereocenters. The Morgan fingerprint density at radius 2 is 1.03 bits per heavy atom. The fourth-order valence-electron chi connectivity index (χ4n) is 5.46. The summed E-state index contributed by atoms with van der Waals surface area (Å²) in [4.78, 5) is 19.6. The van der Waals surface area contributed by atoms with Crippen LogP contribution in [-0.2, 0) is 0 Å². The van der Waals surface area contributed by atoms with Gasteiger partial charge in [-0.25, -0.2) is 9.97 Å². The Bertz CT molecular complexity index is 2120. The summed E-state index contributed by atoms with van der Waals surface area (Å²) in [6.07, 6.45) is 5.48. The van der Waals surface area contributed by atoms with Crippen LogP contribution in [0.4, 0.5) is 0 Å². The minimum Gasteiger partial charge on any atom is -0.306 e. The Labute approximate surface area is 217 Å². The molecule has 6 heteroatoms. The summed E-state index contributed by atoms with van der Waals surface area (Å²) in [6, 6.07) is 35.1. The van der Waals surface area contributed by atoms with Crippen LogP contribution in [0, 0.1) is 0 Å². The average molecular weight is 489 g/mol. The van der Waals surface area contributed by atoms with Gasteiger partial charge >= 0.3 is 0 Å². The normalized spacial score (nSPS) is 11.7. The van der Waals surface area contributed by atoms with Gasteiger partial charge in [-0.1, -0.05) is 48.5 Å². The molecule has 0 aliphatic heterocycles. The Balaban J connectivity index is 1.55. The molecule has 8 aromatic rings. The van der Waals surface area contributed by atoms with E-state index in [-0.39, 0.29) is 0 Å². The molecule has 38 heavy (non-hydrogen) atoms. The molecule has 6 heterocycles. The van der Waals surface area contributed by atoms with E-state index in [0.29, 0.717) is 0 Å². The van der Waals surface area contributed by atoms with Gasteiger partial charge in [-0.2, -0.15) is 0 Å². The van der Waals surface area contributed by atoms with Crippen molar-refractivity contribution in [3.05, 3.63) is 122 Å². The van der Waals surface area contributed by atoms with E-state index < -0.39 is 0 Å². The monoisotopic (exact) mass is 488 g/mol. The van der Waals surface area contributed by atoms with Crippen molar-refractivity contribution in [2.24, 2.45) is 0 Å². The molecule has 0 saturated heterocycles. The first kappa shape index (κ1) is 20.8. The minimum atomic E-state index is 0.829. The van der Waals surface area contributed by atoms with E-state index in [9.17, 15) is 0 Å². The number of para-hydroxylation sites is 1. The van der Waals surface area contributed by atoms with Crippen LogP contribution >= 0.6 is 0 Å². The number of hydrogen-bond acceptors (Lipinski definition) is 4. The molecular weight excluding hydrogens is 468 g/mol. The summed E-state index contributed by atoms with van der Waals surface area (Å²) < 4.78 is 4.42. The van der Waals surface area contributed by atoms with Crippen molar-refractivity contribution in [2.75, 3.05) is 0 Å². The quantitative estimate of drug-likeness (QED) is 0.265. The zero-order valence-electron chi connectivity index (χ0n) is 20.2. The molecule has 0 fully saturated rings. The van der Waals surface area contributed by atoms with Gasteiger partial charge < -0.3 is 4.57 Å².